The van der Waals surface area contributed by atoms with Crippen LogP contribution in [0.5, 0.6) is 0 Å². The van der Waals surface area contributed by atoms with Gasteiger partial charge in [0, 0.05) is 19.7 Å². The number of nitrogens with one attached hydrogen (secondary N) is 1. The molecule has 0 unspecified atom stereocenters. The molecule has 2 atom stereocenters. The van der Waals surface area contributed by atoms with Crippen LogP contribution in [0.3, 0.4) is 0 Å². The summed E-state index contributed by atoms with van der Waals surface area (Å²) in [6, 6.07) is 8.63. The van der Waals surface area contributed by atoms with E-state index in [1.165, 1.54) is 11.1 Å². The molecule has 1 aliphatic heterocycles. The van der Waals surface area contributed by atoms with E-state index in [4.69, 9.17) is 9.47 Å². The predicted octanol–water partition coefficient (Wildman–Crippen LogP) is 2.37. The number of methoxy groups -OCH3 is 1. The van der Waals surface area contributed by atoms with Gasteiger partial charge in [0.05, 0.1) is 25.9 Å². The maximum Gasteiger partial charge on any atom is 0.317 e. The Hall–Kier alpha value is -1.59. The van der Waals surface area contributed by atoms with E-state index in [-0.39, 0.29) is 18.2 Å². The quantitative estimate of drug-likeness (QED) is 0.875. The minimum Gasteiger partial charge on any atom is -0.382 e. The van der Waals surface area contributed by atoms with E-state index in [2.05, 4.69) is 43.4 Å². The predicted molar refractivity (Wildman–Crippen MR) is 90.7 cm³/mol. The topological polar surface area (TPSA) is 50.8 Å². The summed E-state index contributed by atoms with van der Waals surface area (Å²) in [5, 5.41) is 3.15. The maximum absolute atomic E-state index is 12.5. The first-order chi connectivity index (χ1) is 11.1. The van der Waals surface area contributed by atoms with Gasteiger partial charge in [0.15, 0.2) is 0 Å². The first-order valence-corrected chi connectivity index (χ1v) is 8.34. The third kappa shape index (κ3) is 5.52. The molecular weight excluding hydrogens is 292 g/mol. The molecule has 1 heterocycles. The summed E-state index contributed by atoms with van der Waals surface area (Å²) in [6.07, 6.45) is 1.73. The Labute approximate surface area is 139 Å². The van der Waals surface area contributed by atoms with Crippen molar-refractivity contribution in [3.8, 4) is 0 Å². The molecule has 1 aromatic carbocycles. The van der Waals surface area contributed by atoms with Gasteiger partial charge in [-0.3, -0.25) is 0 Å². The average molecular weight is 320 g/mol. The van der Waals surface area contributed by atoms with E-state index >= 15 is 0 Å². The molecule has 1 fully saturated rings. The van der Waals surface area contributed by atoms with Gasteiger partial charge < -0.3 is 19.7 Å². The Kier molecular flexibility index (Phi) is 6.86. The van der Waals surface area contributed by atoms with Gasteiger partial charge in [0.25, 0.3) is 0 Å². The van der Waals surface area contributed by atoms with Crippen molar-refractivity contribution in [1.82, 2.24) is 10.2 Å². The second-order valence-corrected chi connectivity index (χ2v) is 6.14. The largest absolute Gasteiger partial charge is 0.382 e. The molecule has 128 valence electrons. The van der Waals surface area contributed by atoms with Gasteiger partial charge in [-0.2, -0.15) is 0 Å². The summed E-state index contributed by atoms with van der Waals surface area (Å²) >= 11 is 0. The number of carbonyl (C=O) groups excluding carboxylic acids is 1. The summed E-state index contributed by atoms with van der Waals surface area (Å²) in [7, 11) is 1.65. The highest BCUT2D eigenvalue weighted by Gasteiger charge is 2.25. The molecule has 0 saturated carbocycles. The van der Waals surface area contributed by atoms with E-state index in [0.717, 1.165) is 12.8 Å². The molecule has 1 N–H and O–H groups in total. The van der Waals surface area contributed by atoms with Crippen LogP contribution in [-0.2, 0) is 15.9 Å². The van der Waals surface area contributed by atoms with Gasteiger partial charge in [-0.25, -0.2) is 4.79 Å². The number of carbonyl (C=O) groups is 1. The van der Waals surface area contributed by atoms with Crippen molar-refractivity contribution >= 4 is 6.03 Å². The Morgan fingerprint density at radius 3 is 2.83 bits per heavy atom. The smallest absolute Gasteiger partial charge is 0.317 e. The lowest BCUT2D eigenvalue weighted by Crippen LogP contribution is -2.52. The van der Waals surface area contributed by atoms with E-state index in [0.29, 0.717) is 26.3 Å². The minimum atomic E-state index is -0.0309. The average Bonchev–Trinajstić information content (AvgIpc) is 2.56. The first-order valence-electron chi connectivity index (χ1n) is 8.34. The SMILES string of the molecule is CC[C@@H](Cc1ccc(C)cc1)NC(=O)N1CCO[C@H](COC)C1. The number of hydrogen-bond acceptors (Lipinski definition) is 3. The Bertz CT molecular complexity index is 488. The summed E-state index contributed by atoms with van der Waals surface area (Å²) in [6.45, 7) is 6.48. The fraction of sp³-hybridized carbons (Fsp3) is 0.611. The second kappa shape index (κ2) is 8.89. The highest BCUT2D eigenvalue weighted by Crippen LogP contribution is 2.10. The van der Waals surface area contributed by atoms with Crippen molar-refractivity contribution < 1.29 is 14.3 Å². The number of rotatable bonds is 6. The summed E-state index contributed by atoms with van der Waals surface area (Å²) in [5.41, 5.74) is 2.50. The number of amides is 2. The van der Waals surface area contributed by atoms with Crippen molar-refractivity contribution in [2.24, 2.45) is 0 Å². The van der Waals surface area contributed by atoms with Crippen LogP contribution in [0.1, 0.15) is 24.5 Å². The first kappa shape index (κ1) is 17.8. The van der Waals surface area contributed by atoms with Crippen LogP contribution < -0.4 is 5.32 Å². The molecule has 1 saturated heterocycles. The number of urea groups is 1. The summed E-state index contributed by atoms with van der Waals surface area (Å²) < 4.78 is 10.7. The summed E-state index contributed by atoms with van der Waals surface area (Å²) in [4.78, 5) is 14.3. The molecule has 1 aliphatic rings. The standard InChI is InChI=1S/C18H28N2O3/c1-4-16(11-15-7-5-14(2)6-8-15)19-18(21)20-9-10-23-17(12-20)13-22-3/h5-8,16-17H,4,9-13H2,1-3H3,(H,19,21)/t16-,17-/m0/s1. The lowest BCUT2D eigenvalue weighted by molar-refractivity contribution is -0.0496. The van der Waals surface area contributed by atoms with Crippen LogP contribution in [0.2, 0.25) is 0 Å². The van der Waals surface area contributed by atoms with Crippen molar-refractivity contribution in [1.29, 1.82) is 0 Å². The number of ether oxygens (including phenoxy) is 2. The summed E-state index contributed by atoms with van der Waals surface area (Å²) in [5.74, 6) is 0. The molecular formula is C18H28N2O3. The van der Waals surface area contributed by atoms with Gasteiger partial charge >= 0.3 is 6.03 Å². The van der Waals surface area contributed by atoms with Gasteiger partial charge in [0.1, 0.15) is 0 Å². The fourth-order valence-electron chi connectivity index (χ4n) is 2.76. The van der Waals surface area contributed by atoms with Crippen LogP contribution in [0, 0.1) is 6.92 Å². The van der Waals surface area contributed by atoms with Crippen LogP contribution in [0.4, 0.5) is 4.79 Å². The van der Waals surface area contributed by atoms with E-state index in [1.807, 2.05) is 4.90 Å². The second-order valence-electron chi connectivity index (χ2n) is 6.14. The normalized spacial score (nSPS) is 19.4. The van der Waals surface area contributed by atoms with Gasteiger partial charge in [-0.05, 0) is 25.3 Å². The Balaban J connectivity index is 1.87. The number of benzene rings is 1. The van der Waals surface area contributed by atoms with E-state index < -0.39 is 0 Å². The fourth-order valence-corrected chi connectivity index (χ4v) is 2.76. The van der Waals surface area contributed by atoms with Gasteiger partial charge in [0.2, 0.25) is 0 Å². The van der Waals surface area contributed by atoms with Crippen molar-refractivity contribution in [3.63, 3.8) is 0 Å². The number of morpholine rings is 1. The monoisotopic (exact) mass is 320 g/mol. The van der Waals surface area contributed by atoms with Crippen molar-refractivity contribution in [2.45, 2.75) is 38.8 Å². The van der Waals surface area contributed by atoms with E-state index in [1.54, 1.807) is 7.11 Å². The highest BCUT2D eigenvalue weighted by atomic mass is 16.5. The number of hydrogen-bond donors (Lipinski definition) is 1. The Morgan fingerprint density at radius 2 is 2.17 bits per heavy atom. The minimum absolute atomic E-state index is 0.00614. The zero-order valence-electron chi connectivity index (χ0n) is 14.4. The highest BCUT2D eigenvalue weighted by molar-refractivity contribution is 5.74. The van der Waals surface area contributed by atoms with E-state index in [9.17, 15) is 4.79 Å². The molecule has 0 radical (unpaired) electrons. The lowest BCUT2D eigenvalue weighted by atomic mass is 10.0. The molecule has 0 bridgehead atoms. The van der Waals surface area contributed by atoms with Gasteiger partial charge in [-0.1, -0.05) is 36.8 Å². The van der Waals surface area contributed by atoms with Crippen LogP contribution in [-0.4, -0.2) is 56.5 Å². The molecule has 23 heavy (non-hydrogen) atoms. The zero-order valence-corrected chi connectivity index (χ0v) is 14.4. The maximum atomic E-state index is 12.5. The molecule has 5 nitrogen and oxygen atoms in total. The third-order valence-electron chi connectivity index (χ3n) is 4.20. The number of nitrogens with zero attached hydrogens (tertiary/aromatic N) is 1. The molecule has 5 heteroatoms. The lowest BCUT2D eigenvalue weighted by Gasteiger charge is -2.33. The zero-order chi connectivity index (χ0) is 16.7. The Morgan fingerprint density at radius 1 is 1.43 bits per heavy atom. The molecule has 0 aliphatic carbocycles. The molecule has 1 aromatic rings. The van der Waals surface area contributed by atoms with Crippen molar-refractivity contribution in [3.05, 3.63) is 35.4 Å². The van der Waals surface area contributed by atoms with Crippen LogP contribution >= 0.6 is 0 Å². The molecule has 0 spiro atoms. The molecule has 2 amide bonds. The molecule has 2 rings (SSSR count). The van der Waals surface area contributed by atoms with Crippen LogP contribution in [0.15, 0.2) is 24.3 Å². The number of aryl methyl sites for hydroxylation is 1. The van der Waals surface area contributed by atoms with Gasteiger partial charge in [-0.15, -0.1) is 0 Å². The third-order valence-corrected chi connectivity index (χ3v) is 4.20. The van der Waals surface area contributed by atoms with Crippen molar-refractivity contribution in [2.75, 3.05) is 33.4 Å². The van der Waals surface area contributed by atoms with Crippen LogP contribution in [0.25, 0.3) is 0 Å². The molecule has 0 aromatic heterocycles.